The highest BCUT2D eigenvalue weighted by Crippen LogP contribution is 2.17. The van der Waals surface area contributed by atoms with Gasteiger partial charge in [0, 0.05) is 26.1 Å². The summed E-state index contributed by atoms with van der Waals surface area (Å²) in [4.78, 5) is 12.4. The summed E-state index contributed by atoms with van der Waals surface area (Å²) in [6.45, 7) is 4.10. The maximum atomic E-state index is 12.6. The average molecular weight is 417 g/mol. The van der Waals surface area contributed by atoms with E-state index in [0.29, 0.717) is 45.7 Å². The van der Waals surface area contributed by atoms with Crippen LogP contribution in [-0.4, -0.2) is 44.9 Å². The van der Waals surface area contributed by atoms with Crippen LogP contribution in [0.4, 0.5) is 0 Å². The first-order chi connectivity index (χ1) is 14.0. The van der Waals surface area contributed by atoms with Gasteiger partial charge in [-0.2, -0.15) is 4.31 Å². The maximum Gasteiger partial charge on any atom is 0.243 e. The number of amides is 1. The number of hydrogen-bond acceptors (Lipinski definition) is 4. The molecule has 1 amide bonds. The summed E-state index contributed by atoms with van der Waals surface area (Å²) < 4.78 is 31.9. The van der Waals surface area contributed by atoms with Crippen LogP contribution in [0.25, 0.3) is 0 Å². The molecule has 1 fully saturated rings. The van der Waals surface area contributed by atoms with Gasteiger partial charge in [-0.1, -0.05) is 43.3 Å². The van der Waals surface area contributed by atoms with Crippen molar-refractivity contribution < 1.29 is 17.9 Å². The summed E-state index contributed by atoms with van der Waals surface area (Å²) in [5.41, 5.74) is 3.30. The standard InChI is InChI=1S/C22H28N2O4S/c1-2-18-3-5-19(6-4-18)9-12-22(25)23-17-20-7-10-21(11-8-20)29(26,27)24-13-15-28-16-14-24/h3-8,10-11H,2,9,12-17H2,1H3,(H,23,25). The van der Waals surface area contributed by atoms with Gasteiger partial charge in [-0.15, -0.1) is 0 Å². The van der Waals surface area contributed by atoms with E-state index in [1.54, 1.807) is 24.3 Å². The van der Waals surface area contributed by atoms with E-state index < -0.39 is 10.0 Å². The zero-order chi connectivity index (χ0) is 20.7. The SMILES string of the molecule is CCc1ccc(CCC(=O)NCc2ccc(S(=O)(=O)N3CCOCC3)cc2)cc1. The number of sulfonamides is 1. The molecule has 7 heteroatoms. The summed E-state index contributed by atoms with van der Waals surface area (Å²) in [5, 5.41) is 2.90. The number of hydrogen-bond donors (Lipinski definition) is 1. The van der Waals surface area contributed by atoms with Gasteiger partial charge >= 0.3 is 0 Å². The van der Waals surface area contributed by atoms with E-state index >= 15 is 0 Å². The Morgan fingerprint density at radius 2 is 1.55 bits per heavy atom. The Morgan fingerprint density at radius 1 is 0.966 bits per heavy atom. The Hall–Kier alpha value is -2.22. The van der Waals surface area contributed by atoms with Gasteiger partial charge in [-0.3, -0.25) is 4.79 Å². The molecule has 0 aliphatic carbocycles. The predicted molar refractivity (Wildman–Crippen MR) is 112 cm³/mol. The van der Waals surface area contributed by atoms with Crippen molar-refractivity contribution in [2.24, 2.45) is 0 Å². The molecule has 0 radical (unpaired) electrons. The summed E-state index contributed by atoms with van der Waals surface area (Å²) in [6.07, 6.45) is 2.13. The molecule has 29 heavy (non-hydrogen) atoms. The van der Waals surface area contributed by atoms with Crippen molar-refractivity contribution in [3.8, 4) is 0 Å². The van der Waals surface area contributed by atoms with Crippen LogP contribution in [-0.2, 0) is 38.9 Å². The first-order valence-electron chi connectivity index (χ1n) is 10.0. The molecule has 1 heterocycles. The number of ether oxygens (including phenoxy) is 1. The van der Waals surface area contributed by atoms with Crippen LogP contribution in [0.5, 0.6) is 0 Å². The Bertz CT molecular complexity index is 903. The molecular formula is C22H28N2O4S. The summed E-state index contributed by atoms with van der Waals surface area (Å²) in [7, 11) is -3.49. The number of nitrogens with zero attached hydrogens (tertiary/aromatic N) is 1. The number of nitrogens with one attached hydrogen (secondary N) is 1. The van der Waals surface area contributed by atoms with Crippen LogP contribution < -0.4 is 5.32 Å². The van der Waals surface area contributed by atoms with E-state index in [9.17, 15) is 13.2 Å². The zero-order valence-electron chi connectivity index (χ0n) is 16.8. The van der Waals surface area contributed by atoms with Crippen molar-refractivity contribution in [2.45, 2.75) is 37.6 Å². The summed E-state index contributed by atoms with van der Waals surface area (Å²) >= 11 is 0. The van der Waals surface area contributed by atoms with Crippen LogP contribution in [0.15, 0.2) is 53.4 Å². The molecule has 6 nitrogen and oxygen atoms in total. The van der Waals surface area contributed by atoms with Crippen molar-refractivity contribution in [2.75, 3.05) is 26.3 Å². The number of aryl methyl sites for hydroxylation is 2. The minimum absolute atomic E-state index is 0.0189. The second kappa shape index (κ2) is 10.0. The Balaban J connectivity index is 1.48. The molecule has 1 aliphatic heterocycles. The van der Waals surface area contributed by atoms with E-state index in [1.165, 1.54) is 9.87 Å². The molecule has 0 atom stereocenters. The fraction of sp³-hybridized carbons (Fsp3) is 0.409. The molecule has 0 unspecified atom stereocenters. The summed E-state index contributed by atoms with van der Waals surface area (Å²) in [5.74, 6) is -0.0189. The van der Waals surface area contributed by atoms with E-state index in [1.807, 2.05) is 0 Å². The molecule has 1 N–H and O–H groups in total. The largest absolute Gasteiger partial charge is 0.379 e. The third kappa shape index (κ3) is 5.88. The van der Waals surface area contributed by atoms with Crippen molar-refractivity contribution in [1.82, 2.24) is 9.62 Å². The molecule has 1 aliphatic rings. The molecule has 0 spiro atoms. The maximum absolute atomic E-state index is 12.6. The lowest BCUT2D eigenvalue weighted by Gasteiger charge is -2.26. The predicted octanol–water partition coefficient (Wildman–Crippen LogP) is 2.52. The minimum Gasteiger partial charge on any atom is -0.379 e. The molecule has 156 valence electrons. The van der Waals surface area contributed by atoms with Gasteiger partial charge in [0.25, 0.3) is 0 Å². The fourth-order valence-electron chi connectivity index (χ4n) is 3.20. The van der Waals surface area contributed by atoms with E-state index in [0.717, 1.165) is 17.5 Å². The van der Waals surface area contributed by atoms with Gasteiger partial charge < -0.3 is 10.1 Å². The highest BCUT2D eigenvalue weighted by molar-refractivity contribution is 7.89. The van der Waals surface area contributed by atoms with E-state index in [-0.39, 0.29) is 10.8 Å². The van der Waals surface area contributed by atoms with Crippen molar-refractivity contribution in [3.05, 3.63) is 65.2 Å². The molecule has 1 saturated heterocycles. The second-order valence-electron chi connectivity index (χ2n) is 7.11. The van der Waals surface area contributed by atoms with E-state index in [2.05, 4.69) is 36.5 Å². The van der Waals surface area contributed by atoms with Gasteiger partial charge in [0.05, 0.1) is 18.1 Å². The first-order valence-corrected chi connectivity index (χ1v) is 11.4. The Kier molecular flexibility index (Phi) is 7.41. The third-order valence-corrected chi connectivity index (χ3v) is 7.01. The normalized spacial score (nSPS) is 15.2. The zero-order valence-corrected chi connectivity index (χ0v) is 17.6. The van der Waals surface area contributed by atoms with Gasteiger partial charge in [0.2, 0.25) is 15.9 Å². The van der Waals surface area contributed by atoms with Crippen molar-refractivity contribution in [3.63, 3.8) is 0 Å². The topological polar surface area (TPSA) is 75.7 Å². The van der Waals surface area contributed by atoms with E-state index in [4.69, 9.17) is 4.74 Å². The molecule has 0 aromatic heterocycles. The third-order valence-electron chi connectivity index (χ3n) is 5.09. The molecule has 2 aromatic rings. The lowest BCUT2D eigenvalue weighted by atomic mass is 10.1. The quantitative estimate of drug-likeness (QED) is 0.718. The average Bonchev–Trinajstić information content (AvgIpc) is 2.77. The van der Waals surface area contributed by atoms with Crippen LogP contribution in [0.2, 0.25) is 0 Å². The number of carbonyl (C=O) groups is 1. The highest BCUT2D eigenvalue weighted by atomic mass is 32.2. The van der Waals surface area contributed by atoms with Crippen LogP contribution >= 0.6 is 0 Å². The lowest BCUT2D eigenvalue weighted by Crippen LogP contribution is -2.40. The van der Waals surface area contributed by atoms with Gasteiger partial charge in [-0.05, 0) is 41.7 Å². The molecule has 2 aromatic carbocycles. The second-order valence-corrected chi connectivity index (χ2v) is 9.05. The minimum atomic E-state index is -3.49. The molecule has 0 saturated carbocycles. The molecule has 3 rings (SSSR count). The highest BCUT2D eigenvalue weighted by Gasteiger charge is 2.26. The fourth-order valence-corrected chi connectivity index (χ4v) is 4.61. The summed E-state index contributed by atoms with van der Waals surface area (Å²) in [6, 6.07) is 15.0. The van der Waals surface area contributed by atoms with Crippen molar-refractivity contribution in [1.29, 1.82) is 0 Å². The number of rotatable bonds is 8. The molecular weight excluding hydrogens is 388 g/mol. The van der Waals surface area contributed by atoms with Crippen molar-refractivity contribution >= 4 is 15.9 Å². The smallest absolute Gasteiger partial charge is 0.243 e. The van der Waals surface area contributed by atoms with Gasteiger partial charge in [0.1, 0.15) is 0 Å². The van der Waals surface area contributed by atoms with Crippen LogP contribution in [0.1, 0.15) is 30.0 Å². The number of benzene rings is 2. The Labute approximate surface area is 172 Å². The lowest BCUT2D eigenvalue weighted by molar-refractivity contribution is -0.121. The number of morpholine rings is 1. The van der Waals surface area contributed by atoms with Crippen LogP contribution in [0.3, 0.4) is 0 Å². The van der Waals surface area contributed by atoms with Crippen LogP contribution in [0, 0.1) is 0 Å². The molecule has 0 bridgehead atoms. The monoisotopic (exact) mass is 416 g/mol. The van der Waals surface area contributed by atoms with Gasteiger partial charge in [0.15, 0.2) is 0 Å². The first kappa shape index (κ1) is 21.5. The number of carbonyl (C=O) groups excluding carboxylic acids is 1. The Morgan fingerprint density at radius 3 is 2.17 bits per heavy atom. The van der Waals surface area contributed by atoms with Gasteiger partial charge in [-0.25, -0.2) is 8.42 Å².